The zero-order valence-corrected chi connectivity index (χ0v) is 11.2. The molecule has 0 saturated carbocycles. The summed E-state index contributed by atoms with van der Waals surface area (Å²) in [4.78, 5) is 11.9. The fraction of sp³-hybridized carbons (Fsp3) is 0.267. The van der Waals surface area contributed by atoms with Gasteiger partial charge in [0.15, 0.2) is 0 Å². The Hall–Kier alpha value is -2.21. The SMILES string of the molecule is O=C(NCCOCC(F)F)c1ccc2ccccc2c1O. The van der Waals surface area contributed by atoms with Crippen LogP contribution in [0.2, 0.25) is 0 Å². The van der Waals surface area contributed by atoms with Crippen LogP contribution in [0.25, 0.3) is 10.8 Å². The lowest BCUT2D eigenvalue weighted by atomic mass is 10.0. The first-order chi connectivity index (χ1) is 10.1. The monoisotopic (exact) mass is 295 g/mol. The molecule has 0 aliphatic heterocycles. The van der Waals surface area contributed by atoms with E-state index in [0.29, 0.717) is 5.39 Å². The molecule has 4 nitrogen and oxygen atoms in total. The number of hydrogen-bond acceptors (Lipinski definition) is 3. The summed E-state index contributed by atoms with van der Waals surface area (Å²) in [5.41, 5.74) is 0.141. The van der Waals surface area contributed by atoms with E-state index in [1.54, 1.807) is 18.2 Å². The van der Waals surface area contributed by atoms with Gasteiger partial charge in [0, 0.05) is 11.9 Å². The number of halogens is 2. The summed E-state index contributed by atoms with van der Waals surface area (Å²) in [6.07, 6.45) is -2.52. The summed E-state index contributed by atoms with van der Waals surface area (Å²) in [7, 11) is 0. The van der Waals surface area contributed by atoms with Crippen LogP contribution >= 0.6 is 0 Å². The molecule has 0 heterocycles. The molecule has 112 valence electrons. The Morgan fingerprint density at radius 3 is 2.76 bits per heavy atom. The molecular weight excluding hydrogens is 280 g/mol. The van der Waals surface area contributed by atoms with Crippen molar-refractivity contribution < 1.29 is 23.4 Å². The predicted molar refractivity (Wildman–Crippen MR) is 74.8 cm³/mol. The quantitative estimate of drug-likeness (QED) is 0.805. The van der Waals surface area contributed by atoms with E-state index in [1.165, 1.54) is 6.07 Å². The maximum atomic E-state index is 11.9. The molecular formula is C15H15F2NO3. The lowest BCUT2D eigenvalue weighted by molar-refractivity contribution is 0.0188. The number of rotatable bonds is 6. The summed E-state index contributed by atoms with van der Waals surface area (Å²) in [6, 6.07) is 10.4. The van der Waals surface area contributed by atoms with E-state index >= 15 is 0 Å². The normalized spacial score (nSPS) is 11.0. The van der Waals surface area contributed by atoms with Gasteiger partial charge < -0.3 is 15.2 Å². The van der Waals surface area contributed by atoms with Crippen LogP contribution in [0.15, 0.2) is 36.4 Å². The molecule has 2 aromatic carbocycles. The Kier molecular flexibility index (Phi) is 5.05. The maximum Gasteiger partial charge on any atom is 0.261 e. The third-order valence-electron chi connectivity index (χ3n) is 2.92. The number of carbonyl (C=O) groups is 1. The molecule has 0 atom stereocenters. The van der Waals surface area contributed by atoms with E-state index < -0.39 is 18.9 Å². The fourth-order valence-corrected chi connectivity index (χ4v) is 1.94. The summed E-state index contributed by atoms with van der Waals surface area (Å²) >= 11 is 0. The van der Waals surface area contributed by atoms with Gasteiger partial charge in [-0.15, -0.1) is 0 Å². The lowest BCUT2D eigenvalue weighted by Gasteiger charge is -2.09. The van der Waals surface area contributed by atoms with Crippen LogP contribution in [-0.2, 0) is 4.74 Å². The van der Waals surface area contributed by atoms with Crippen molar-refractivity contribution in [1.82, 2.24) is 5.32 Å². The fourth-order valence-electron chi connectivity index (χ4n) is 1.94. The third-order valence-corrected chi connectivity index (χ3v) is 2.92. The highest BCUT2D eigenvalue weighted by Gasteiger charge is 2.13. The number of phenolic OH excluding ortho intramolecular Hbond substituents is 1. The van der Waals surface area contributed by atoms with Gasteiger partial charge in [0.25, 0.3) is 12.3 Å². The summed E-state index contributed by atoms with van der Waals surface area (Å²) in [5, 5.41) is 14.0. The summed E-state index contributed by atoms with van der Waals surface area (Å²) in [5.74, 6) is -0.571. The second-order valence-corrected chi connectivity index (χ2v) is 4.40. The van der Waals surface area contributed by atoms with Crippen molar-refractivity contribution >= 4 is 16.7 Å². The molecule has 0 aliphatic carbocycles. The number of hydrogen-bond donors (Lipinski definition) is 2. The number of carbonyl (C=O) groups excluding carboxylic acids is 1. The molecule has 0 bridgehead atoms. The van der Waals surface area contributed by atoms with Crippen molar-refractivity contribution in [3.05, 3.63) is 42.0 Å². The number of amides is 1. The number of aromatic hydroxyl groups is 1. The first kappa shape index (κ1) is 15.2. The second-order valence-electron chi connectivity index (χ2n) is 4.40. The first-order valence-electron chi connectivity index (χ1n) is 6.44. The van der Waals surface area contributed by atoms with E-state index in [2.05, 4.69) is 10.1 Å². The molecule has 0 aliphatic rings. The number of benzene rings is 2. The molecule has 2 aromatic rings. The van der Waals surface area contributed by atoms with Gasteiger partial charge in [-0.2, -0.15) is 0 Å². The van der Waals surface area contributed by atoms with E-state index in [9.17, 15) is 18.7 Å². The Morgan fingerprint density at radius 1 is 1.24 bits per heavy atom. The Labute approximate surface area is 120 Å². The smallest absolute Gasteiger partial charge is 0.261 e. The average molecular weight is 295 g/mol. The van der Waals surface area contributed by atoms with Crippen LogP contribution < -0.4 is 5.32 Å². The van der Waals surface area contributed by atoms with Gasteiger partial charge in [-0.3, -0.25) is 4.79 Å². The van der Waals surface area contributed by atoms with Crippen LogP contribution in [0.5, 0.6) is 5.75 Å². The first-order valence-corrected chi connectivity index (χ1v) is 6.44. The molecule has 21 heavy (non-hydrogen) atoms. The topological polar surface area (TPSA) is 58.6 Å². The van der Waals surface area contributed by atoms with Gasteiger partial charge in [-0.1, -0.05) is 30.3 Å². The van der Waals surface area contributed by atoms with Crippen molar-refractivity contribution in [1.29, 1.82) is 0 Å². The van der Waals surface area contributed by atoms with Crippen molar-refractivity contribution in [2.75, 3.05) is 19.8 Å². The average Bonchev–Trinajstić information content (AvgIpc) is 2.47. The zero-order chi connectivity index (χ0) is 15.2. The molecule has 0 spiro atoms. The van der Waals surface area contributed by atoms with E-state index in [4.69, 9.17) is 0 Å². The van der Waals surface area contributed by atoms with Crippen LogP contribution in [0, 0.1) is 0 Å². The maximum absolute atomic E-state index is 11.9. The number of fused-ring (bicyclic) bond motifs is 1. The van der Waals surface area contributed by atoms with Gasteiger partial charge in [0.1, 0.15) is 12.4 Å². The van der Waals surface area contributed by atoms with Crippen LogP contribution in [-0.4, -0.2) is 37.2 Å². The van der Waals surface area contributed by atoms with E-state index in [-0.39, 0.29) is 24.5 Å². The highest BCUT2D eigenvalue weighted by molar-refractivity contribution is 6.03. The Balaban J connectivity index is 1.98. The standard InChI is InChI=1S/C15H15F2NO3/c16-13(17)9-21-8-7-18-15(20)12-6-5-10-3-1-2-4-11(10)14(12)19/h1-6,13,19H,7-9H2,(H,18,20). The molecule has 1 amide bonds. The molecule has 0 radical (unpaired) electrons. The largest absolute Gasteiger partial charge is 0.506 e. The summed E-state index contributed by atoms with van der Waals surface area (Å²) < 4.78 is 28.3. The molecule has 6 heteroatoms. The van der Waals surface area contributed by atoms with Gasteiger partial charge in [0.05, 0.1) is 12.2 Å². The molecule has 0 fully saturated rings. The van der Waals surface area contributed by atoms with Crippen LogP contribution in [0.1, 0.15) is 10.4 Å². The highest BCUT2D eigenvalue weighted by Crippen LogP contribution is 2.28. The van der Waals surface area contributed by atoms with Crippen molar-refractivity contribution in [3.63, 3.8) is 0 Å². The Bertz CT molecular complexity index is 631. The van der Waals surface area contributed by atoms with Crippen LogP contribution in [0.4, 0.5) is 8.78 Å². The third kappa shape index (κ3) is 3.88. The molecule has 2 rings (SSSR count). The minimum absolute atomic E-state index is 0.00950. The van der Waals surface area contributed by atoms with Crippen molar-refractivity contribution in [2.24, 2.45) is 0 Å². The number of ether oxygens (including phenoxy) is 1. The molecule has 0 aromatic heterocycles. The van der Waals surface area contributed by atoms with Crippen LogP contribution in [0.3, 0.4) is 0 Å². The molecule has 0 saturated heterocycles. The Morgan fingerprint density at radius 2 is 2.00 bits per heavy atom. The van der Waals surface area contributed by atoms with Crippen molar-refractivity contribution in [3.8, 4) is 5.75 Å². The highest BCUT2D eigenvalue weighted by atomic mass is 19.3. The second kappa shape index (κ2) is 6.99. The van der Waals surface area contributed by atoms with E-state index in [0.717, 1.165) is 5.39 Å². The number of nitrogens with one attached hydrogen (secondary N) is 1. The number of alkyl halides is 2. The van der Waals surface area contributed by atoms with Gasteiger partial charge >= 0.3 is 0 Å². The summed E-state index contributed by atoms with van der Waals surface area (Å²) in [6.45, 7) is -0.570. The van der Waals surface area contributed by atoms with Crippen molar-refractivity contribution in [2.45, 2.75) is 6.43 Å². The lowest BCUT2D eigenvalue weighted by Crippen LogP contribution is -2.27. The minimum atomic E-state index is -2.52. The molecule has 0 unspecified atom stereocenters. The minimum Gasteiger partial charge on any atom is -0.506 e. The molecule has 2 N–H and O–H groups in total. The van der Waals surface area contributed by atoms with E-state index in [1.807, 2.05) is 12.1 Å². The van der Waals surface area contributed by atoms with Gasteiger partial charge in [0.2, 0.25) is 0 Å². The predicted octanol–water partition coefficient (Wildman–Crippen LogP) is 2.56. The zero-order valence-electron chi connectivity index (χ0n) is 11.2. The van der Waals surface area contributed by atoms with Gasteiger partial charge in [-0.05, 0) is 11.5 Å². The number of phenols is 1. The van der Waals surface area contributed by atoms with Gasteiger partial charge in [-0.25, -0.2) is 8.78 Å².